The number of anilines is 1. The second-order valence-electron chi connectivity index (χ2n) is 7.25. The van der Waals surface area contributed by atoms with Gasteiger partial charge in [-0.15, -0.1) is 0 Å². The van der Waals surface area contributed by atoms with Crippen molar-refractivity contribution in [2.45, 2.75) is 18.2 Å². The van der Waals surface area contributed by atoms with Crippen LogP contribution in [0.3, 0.4) is 0 Å². The third kappa shape index (κ3) is 5.95. The van der Waals surface area contributed by atoms with Crippen molar-refractivity contribution in [2.24, 2.45) is 0 Å². The Kier molecular flexibility index (Phi) is 7.18. The van der Waals surface area contributed by atoms with E-state index in [-0.39, 0.29) is 5.91 Å². The van der Waals surface area contributed by atoms with Gasteiger partial charge in [-0.3, -0.25) is 9.69 Å². The van der Waals surface area contributed by atoms with Crippen LogP contribution in [0.4, 0.5) is 5.69 Å². The van der Waals surface area contributed by atoms with E-state index in [1.54, 1.807) is 6.20 Å². The lowest BCUT2D eigenvalue weighted by Gasteiger charge is -2.26. The van der Waals surface area contributed by atoms with Crippen molar-refractivity contribution in [1.82, 2.24) is 14.5 Å². The molecule has 0 atom stereocenters. The number of morpholine rings is 1. The molecular formula is C23H26N4O2S. The van der Waals surface area contributed by atoms with Crippen LogP contribution in [0.15, 0.2) is 72.1 Å². The highest BCUT2D eigenvalue weighted by molar-refractivity contribution is 7.99. The minimum Gasteiger partial charge on any atom is -0.379 e. The van der Waals surface area contributed by atoms with Gasteiger partial charge in [0.1, 0.15) is 0 Å². The number of rotatable bonds is 8. The molecule has 0 bridgehead atoms. The molecule has 1 amide bonds. The van der Waals surface area contributed by atoms with Crippen LogP contribution in [0.2, 0.25) is 0 Å². The van der Waals surface area contributed by atoms with Gasteiger partial charge in [0.2, 0.25) is 5.91 Å². The van der Waals surface area contributed by atoms with Crippen LogP contribution in [-0.4, -0.2) is 52.4 Å². The van der Waals surface area contributed by atoms with E-state index in [1.165, 1.54) is 22.9 Å². The van der Waals surface area contributed by atoms with Gasteiger partial charge in [-0.1, -0.05) is 54.2 Å². The standard InChI is InChI=1S/C23H26N4O2S/c28-22(18-30-23-24-10-11-27(23)17-19-4-2-1-3-5-19)25-21-8-6-20(7-9-21)16-26-12-14-29-15-13-26/h1-11H,12-18H2,(H,25,28). The first-order chi connectivity index (χ1) is 14.8. The Morgan fingerprint density at radius 3 is 2.50 bits per heavy atom. The maximum absolute atomic E-state index is 12.4. The molecule has 1 aliphatic heterocycles. The molecule has 3 aromatic rings. The Labute approximate surface area is 181 Å². The number of amides is 1. The fourth-order valence-electron chi connectivity index (χ4n) is 3.37. The fraction of sp³-hybridized carbons (Fsp3) is 0.304. The minimum atomic E-state index is -0.0322. The molecule has 2 aromatic carbocycles. The van der Waals surface area contributed by atoms with Gasteiger partial charge in [-0.2, -0.15) is 0 Å². The second kappa shape index (κ2) is 10.4. The molecule has 1 fully saturated rings. The van der Waals surface area contributed by atoms with Gasteiger partial charge in [-0.25, -0.2) is 4.98 Å². The van der Waals surface area contributed by atoms with Gasteiger partial charge in [-0.05, 0) is 23.3 Å². The molecule has 0 saturated carbocycles. The SMILES string of the molecule is O=C(CSc1nccn1Cc1ccccc1)Nc1ccc(CN2CCOCC2)cc1. The van der Waals surface area contributed by atoms with Gasteiger partial charge >= 0.3 is 0 Å². The van der Waals surface area contributed by atoms with E-state index < -0.39 is 0 Å². The lowest BCUT2D eigenvalue weighted by atomic mass is 10.2. The van der Waals surface area contributed by atoms with E-state index in [1.807, 2.05) is 36.5 Å². The predicted octanol–water partition coefficient (Wildman–Crippen LogP) is 3.49. The quantitative estimate of drug-likeness (QED) is 0.563. The van der Waals surface area contributed by atoms with Crippen molar-refractivity contribution in [3.05, 3.63) is 78.1 Å². The molecule has 0 aliphatic carbocycles. The van der Waals surface area contributed by atoms with Crippen LogP contribution in [0, 0.1) is 0 Å². The lowest BCUT2D eigenvalue weighted by Crippen LogP contribution is -2.35. The summed E-state index contributed by atoms with van der Waals surface area (Å²) in [6.45, 7) is 5.20. The van der Waals surface area contributed by atoms with Crippen molar-refractivity contribution in [1.29, 1.82) is 0 Å². The maximum atomic E-state index is 12.4. The summed E-state index contributed by atoms with van der Waals surface area (Å²) in [6.07, 6.45) is 3.72. The monoisotopic (exact) mass is 422 g/mol. The number of ether oxygens (including phenoxy) is 1. The Bertz CT molecular complexity index is 937. The van der Waals surface area contributed by atoms with Crippen molar-refractivity contribution in [2.75, 3.05) is 37.4 Å². The van der Waals surface area contributed by atoms with E-state index in [2.05, 4.69) is 44.0 Å². The average Bonchev–Trinajstić information content (AvgIpc) is 3.22. The number of benzene rings is 2. The summed E-state index contributed by atoms with van der Waals surface area (Å²) in [5.41, 5.74) is 3.27. The predicted molar refractivity (Wildman–Crippen MR) is 120 cm³/mol. The summed E-state index contributed by atoms with van der Waals surface area (Å²) in [5, 5.41) is 3.82. The van der Waals surface area contributed by atoms with Crippen LogP contribution in [0.1, 0.15) is 11.1 Å². The van der Waals surface area contributed by atoms with E-state index in [4.69, 9.17) is 4.74 Å². The molecule has 6 nitrogen and oxygen atoms in total. The van der Waals surface area contributed by atoms with Crippen LogP contribution in [0.5, 0.6) is 0 Å². The number of carbonyl (C=O) groups is 1. The summed E-state index contributed by atoms with van der Waals surface area (Å²) in [5.74, 6) is 0.289. The smallest absolute Gasteiger partial charge is 0.234 e. The average molecular weight is 423 g/mol. The Morgan fingerprint density at radius 1 is 1.00 bits per heavy atom. The molecule has 7 heteroatoms. The van der Waals surface area contributed by atoms with E-state index >= 15 is 0 Å². The van der Waals surface area contributed by atoms with Gasteiger partial charge < -0.3 is 14.6 Å². The fourth-order valence-corrected chi connectivity index (χ4v) is 4.13. The van der Waals surface area contributed by atoms with Crippen LogP contribution in [-0.2, 0) is 22.6 Å². The first-order valence-corrected chi connectivity index (χ1v) is 11.1. The number of hydrogen-bond acceptors (Lipinski definition) is 5. The number of hydrogen-bond donors (Lipinski definition) is 1. The normalized spacial score (nSPS) is 14.5. The third-order valence-corrected chi connectivity index (χ3v) is 5.96. The molecule has 0 unspecified atom stereocenters. The van der Waals surface area contributed by atoms with Gasteiger partial charge in [0.15, 0.2) is 5.16 Å². The topological polar surface area (TPSA) is 59.4 Å². The van der Waals surface area contributed by atoms with Gasteiger partial charge in [0.05, 0.1) is 19.0 Å². The zero-order valence-corrected chi connectivity index (χ0v) is 17.7. The highest BCUT2D eigenvalue weighted by Crippen LogP contribution is 2.18. The minimum absolute atomic E-state index is 0.0322. The summed E-state index contributed by atoms with van der Waals surface area (Å²) in [6, 6.07) is 18.3. The number of nitrogens with zero attached hydrogens (tertiary/aromatic N) is 3. The highest BCUT2D eigenvalue weighted by atomic mass is 32.2. The number of imidazole rings is 1. The zero-order chi connectivity index (χ0) is 20.6. The molecular weight excluding hydrogens is 396 g/mol. The van der Waals surface area contributed by atoms with Gasteiger partial charge in [0.25, 0.3) is 0 Å². The number of nitrogens with one attached hydrogen (secondary N) is 1. The Morgan fingerprint density at radius 2 is 1.73 bits per heavy atom. The zero-order valence-electron chi connectivity index (χ0n) is 16.9. The first kappa shape index (κ1) is 20.7. The molecule has 1 aliphatic rings. The third-order valence-electron chi connectivity index (χ3n) is 4.95. The van der Waals surface area contributed by atoms with Crippen LogP contribution < -0.4 is 5.32 Å². The van der Waals surface area contributed by atoms with E-state index in [9.17, 15) is 4.79 Å². The highest BCUT2D eigenvalue weighted by Gasteiger charge is 2.11. The number of carbonyl (C=O) groups excluding carboxylic acids is 1. The molecule has 0 radical (unpaired) electrons. The number of aromatic nitrogens is 2. The molecule has 1 N–H and O–H groups in total. The van der Waals surface area contributed by atoms with Crippen molar-refractivity contribution in [3.8, 4) is 0 Å². The van der Waals surface area contributed by atoms with Crippen molar-refractivity contribution < 1.29 is 9.53 Å². The summed E-state index contributed by atoms with van der Waals surface area (Å²) in [4.78, 5) is 19.2. The lowest BCUT2D eigenvalue weighted by molar-refractivity contribution is -0.113. The molecule has 0 spiro atoms. The summed E-state index contributed by atoms with van der Waals surface area (Å²) >= 11 is 1.45. The van der Waals surface area contributed by atoms with Crippen molar-refractivity contribution in [3.63, 3.8) is 0 Å². The van der Waals surface area contributed by atoms with E-state index in [0.717, 1.165) is 50.2 Å². The molecule has 156 valence electrons. The Hall–Kier alpha value is -2.61. The molecule has 4 rings (SSSR count). The molecule has 1 aromatic heterocycles. The Balaban J connectivity index is 1.25. The molecule has 30 heavy (non-hydrogen) atoms. The van der Waals surface area contributed by atoms with Gasteiger partial charge in [0, 0.05) is 44.3 Å². The van der Waals surface area contributed by atoms with Crippen molar-refractivity contribution >= 4 is 23.4 Å². The summed E-state index contributed by atoms with van der Waals surface area (Å²) in [7, 11) is 0. The largest absolute Gasteiger partial charge is 0.379 e. The van der Waals surface area contributed by atoms with E-state index in [0.29, 0.717) is 5.75 Å². The molecule has 2 heterocycles. The summed E-state index contributed by atoms with van der Waals surface area (Å²) < 4.78 is 7.45. The molecule has 1 saturated heterocycles. The maximum Gasteiger partial charge on any atom is 0.234 e. The van der Waals surface area contributed by atoms with Crippen LogP contribution in [0.25, 0.3) is 0 Å². The first-order valence-electron chi connectivity index (χ1n) is 10.1. The second-order valence-corrected chi connectivity index (χ2v) is 8.19. The van der Waals surface area contributed by atoms with Crippen LogP contribution >= 0.6 is 11.8 Å². The number of thioether (sulfide) groups is 1.